The third-order valence-corrected chi connectivity index (χ3v) is 4.36. The first-order valence-electron chi connectivity index (χ1n) is 5.70. The molecule has 0 amide bonds. The molecular formula is C12H16BrClN2. The van der Waals surface area contributed by atoms with E-state index in [0.717, 1.165) is 28.7 Å². The summed E-state index contributed by atoms with van der Waals surface area (Å²) in [5.41, 5.74) is 0. The van der Waals surface area contributed by atoms with Crippen molar-refractivity contribution in [3.8, 4) is 0 Å². The molecule has 1 N–H and O–H groups in total. The molecule has 1 heterocycles. The summed E-state index contributed by atoms with van der Waals surface area (Å²) < 4.78 is 0.842. The smallest absolute Gasteiger partial charge is 0.127 e. The Bertz CT molecular complexity index is 370. The molecule has 0 aromatic carbocycles. The van der Waals surface area contributed by atoms with Gasteiger partial charge in [-0.3, -0.25) is 0 Å². The zero-order chi connectivity index (χ0) is 11.5. The average molecular weight is 304 g/mol. The molecule has 4 heteroatoms. The van der Waals surface area contributed by atoms with E-state index in [9.17, 15) is 0 Å². The van der Waals surface area contributed by atoms with Crippen LogP contribution in [-0.4, -0.2) is 11.5 Å². The summed E-state index contributed by atoms with van der Waals surface area (Å²) >= 11 is 9.34. The topological polar surface area (TPSA) is 24.9 Å². The SMILES string of the molecule is CC1CCC(CNc2cc(Cl)c(Br)cn2)C1. The van der Waals surface area contributed by atoms with Gasteiger partial charge in [0.1, 0.15) is 5.82 Å². The van der Waals surface area contributed by atoms with Crippen molar-refractivity contribution in [1.29, 1.82) is 0 Å². The van der Waals surface area contributed by atoms with Crippen LogP contribution >= 0.6 is 27.5 Å². The van der Waals surface area contributed by atoms with E-state index in [1.807, 2.05) is 6.07 Å². The van der Waals surface area contributed by atoms with E-state index in [1.165, 1.54) is 19.3 Å². The number of hydrogen-bond donors (Lipinski definition) is 1. The highest BCUT2D eigenvalue weighted by Gasteiger charge is 2.20. The van der Waals surface area contributed by atoms with Crippen LogP contribution in [0.15, 0.2) is 16.7 Å². The summed E-state index contributed by atoms with van der Waals surface area (Å²) in [5, 5.41) is 4.06. The maximum Gasteiger partial charge on any atom is 0.127 e. The van der Waals surface area contributed by atoms with Gasteiger partial charge in [-0.2, -0.15) is 0 Å². The predicted molar refractivity (Wildman–Crippen MR) is 71.9 cm³/mol. The molecule has 1 aromatic heterocycles. The Kier molecular flexibility index (Phi) is 4.09. The van der Waals surface area contributed by atoms with Crippen LogP contribution in [0, 0.1) is 11.8 Å². The lowest BCUT2D eigenvalue weighted by Crippen LogP contribution is -2.12. The number of nitrogens with zero attached hydrogens (tertiary/aromatic N) is 1. The summed E-state index contributed by atoms with van der Waals surface area (Å²) in [4.78, 5) is 4.28. The number of nitrogens with one attached hydrogen (secondary N) is 1. The van der Waals surface area contributed by atoms with Gasteiger partial charge in [0, 0.05) is 18.8 Å². The normalized spacial score (nSPS) is 24.7. The van der Waals surface area contributed by atoms with Crippen LogP contribution in [0.4, 0.5) is 5.82 Å². The highest BCUT2D eigenvalue weighted by molar-refractivity contribution is 9.10. The van der Waals surface area contributed by atoms with Crippen LogP contribution in [-0.2, 0) is 0 Å². The van der Waals surface area contributed by atoms with Gasteiger partial charge in [-0.05, 0) is 40.6 Å². The van der Waals surface area contributed by atoms with Crippen molar-refractivity contribution in [3.63, 3.8) is 0 Å². The lowest BCUT2D eigenvalue weighted by molar-refractivity contribution is 0.536. The number of pyridine rings is 1. The fourth-order valence-corrected chi connectivity index (χ4v) is 2.64. The van der Waals surface area contributed by atoms with Crippen molar-refractivity contribution < 1.29 is 0 Å². The van der Waals surface area contributed by atoms with Crippen molar-refractivity contribution in [2.24, 2.45) is 11.8 Å². The molecule has 88 valence electrons. The highest BCUT2D eigenvalue weighted by Crippen LogP contribution is 2.30. The van der Waals surface area contributed by atoms with Gasteiger partial charge in [-0.25, -0.2) is 4.98 Å². The molecule has 0 bridgehead atoms. The monoisotopic (exact) mass is 302 g/mol. The van der Waals surface area contributed by atoms with Crippen LogP contribution in [0.1, 0.15) is 26.2 Å². The van der Waals surface area contributed by atoms with Crippen molar-refractivity contribution in [2.75, 3.05) is 11.9 Å². The fourth-order valence-electron chi connectivity index (χ4n) is 2.27. The van der Waals surface area contributed by atoms with Gasteiger partial charge in [0.2, 0.25) is 0 Å². The molecule has 1 fully saturated rings. The largest absolute Gasteiger partial charge is 0.370 e. The van der Waals surface area contributed by atoms with Crippen LogP contribution in [0.5, 0.6) is 0 Å². The molecule has 0 aliphatic heterocycles. The Morgan fingerprint density at radius 1 is 1.56 bits per heavy atom. The minimum atomic E-state index is 0.706. The van der Waals surface area contributed by atoms with Crippen molar-refractivity contribution in [1.82, 2.24) is 4.98 Å². The van der Waals surface area contributed by atoms with Gasteiger partial charge >= 0.3 is 0 Å². The third kappa shape index (κ3) is 3.11. The molecule has 2 nitrogen and oxygen atoms in total. The molecule has 16 heavy (non-hydrogen) atoms. The third-order valence-electron chi connectivity index (χ3n) is 3.18. The van der Waals surface area contributed by atoms with Gasteiger partial charge < -0.3 is 5.32 Å². The molecule has 1 aliphatic carbocycles. The lowest BCUT2D eigenvalue weighted by atomic mass is 10.1. The van der Waals surface area contributed by atoms with Gasteiger partial charge in [0.05, 0.1) is 9.50 Å². The standard InChI is InChI=1S/C12H16BrClN2/c1-8-2-3-9(4-8)6-15-12-5-11(14)10(13)7-16-12/h5,7-9H,2-4,6H2,1H3,(H,15,16). The first-order valence-corrected chi connectivity index (χ1v) is 6.87. The number of rotatable bonds is 3. The summed E-state index contributed by atoms with van der Waals surface area (Å²) in [6, 6.07) is 1.87. The molecule has 0 saturated heterocycles. The van der Waals surface area contributed by atoms with Crippen LogP contribution in [0.3, 0.4) is 0 Å². The van der Waals surface area contributed by atoms with E-state index in [0.29, 0.717) is 5.02 Å². The Balaban J connectivity index is 1.87. The van der Waals surface area contributed by atoms with E-state index >= 15 is 0 Å². The van der Waals surface area contributed by atoms with Crippen molar-refractivity contribution >= 4 is 33.3 Å². The Morgan fingerprint density at radius 3 is 3.00 bits per heavy atom. The van der Waals surface area contributed by atoms with E-state index in [1.54, 1.807) is 6.20 Å². The Hall–Kier alpha value is -0.280. The van der Waals surface area contributed by atoms with E-state index in [2.05, 4.69) is 33.2 Å². The molecule has 0 spiro atoms. The fraction of sp³-hybridized carbons (Fsp3) is 0.583. The minimum absolute atomic E-state index is 0.706. The summed E-state index contributed by atoms with van der Waals surface area (Å²) in [6.07, 6.45) is 5.76. The average Bonchev–Trinajstić information content (AvgIpc) is 2.66. The highest BCUT2D eigenvalue weighted by atomic mass is 79.9. The van der Waals surface area contributed by atoms with Crippen LogP contribution < -0.4 is 5.32 Å². The Labute approximate surface area is 110 Å². The molecule has 0 radical (unpaired) electrons. The quantitative estimate of drug-likeness (QED) is 0.898. The van der Waals surface area contributed by atoms with Crippen LogP contribution in [0.2, 0.25) is 5.02 Å². The van der Waals surface area contributed by atoms with Crippen molar-refractivity contribution in [3.05, 3.63) is 21.8 Å². The maximum atomic E-state index is 6.01. The second-order valence-corrected chi connectivity index (χ2v) is 5.91. The first-order chi connectivity index (χ1) is 7.65. The lowest BCUT2D eigenvalue weighted by Gasteiger charge is -2.11. The molecule has 2 rings (SSSR count). The van der Waals surface area contributed by atoms with E-state index < -0.39 is 0 Å². The zero-order valence-corrected chi connectivity index (χ0v) is 11.7. The molecular weight excluding hydrogens is 288 g/mol. The van der Waals surface area contributed by atoms with Crippen molar-refractivity contribution in [2.45, 2.75) is 26.2 Å². The Morgan fingerprint density at radius 2 is 2.38 bits per heavy atom. The van der Waals surface area contributed by atoms with Gasteiger partial charge in [-0.1, -0.05) is 24.9 Å². The molecule has 1 saturated carbocycles. The second-order valence-electron chi connectivity index (χ2n) is 4.65. The van der Waals surface area contributed by atoms with Gasteiger partial charge in [0.15, 0.2) is 0 Å². The van der Waals surface area contributed by atoms with E-state index in [4.69, 9.17) is 11.6 Å². The molecule has 1 aromatic rings. The van der Waals surface area contributed by atoms with E-state index in [-0.39, 0.29) is 0 Å². The summed E-state index contributed by atoms with van der Waals surface area (Å²) in [6.45, 7) is 3.34. The summed E-state index contributed by atoms with van der Waals surface area (Å²) in [7, 11) is 0. The summed E-state index contributed by atoms with van der Waals surface area (Å²) in [5.74, 6) is 2.54. The van der Waals surface area contributed by atoms with Crippen LogP contribution in [0.25, 0.3) is 0 Å². The second kappa shape index (κ2) is 5.37. The molecule has 2 unspecified atom stereocenters. The molecule has 2 atom stereocenters. The first kappa shape index (κ1) is 12.2. The zero-order valence-electron chi connectivity index (χ0n) is 9.34. The predicted octanol–water partition coefficient (Wildman–Crippen LogP) is 4.35. The number of halogens is 2. The number of aromatic nitrogens is 1. The number of hydrogen-bond acceptors (Lipinski definition) is 2. The number of anilines is 1. The van der Waals surface area contributed by atoms with Gasteiger partial charge in [0.25, 0.3) is 0 Å². The maximum absolute atomic E-state index is 6.01. The molecule has 1 aliphatic rings. The minimum Gasteiger partial charge on any atom is -0.370 e. The van der Waals surface area contributed by atoms with Gasteiger partial charge in [-0.15, -0.1) is 0 Å².